The summed E-state index contributed by atoms with van der Waals surface area (Å²) in [5.74, 6) is 0.742. The average molecular weight is 389 g/mol. The van der Waals surface area contributed by atoms with E-state index in [2.05, 4.69) is 25.5 Å². The van der Waals surface area contributed by atoms with Gasteiger partial charge in [-0.3, -0.25) is 4.68 Å². The Morgan fingerprint density at radius 3 is 2.72 bits per heavy atom. The van der Waals surface area contributed by atoms with E-state index in [0.717, 1.165) is 44.7 Å². The van der Waals surface area contributed by atoms with Crippen molar-refractivity contribution in [2.24, 2.45) is 7.05 Å². The van der Waals surface area contributed by atoms with Crippen LogP contribution in [0.1, 0.15) is 5.56 Å². The molecule has 1 aromatic carbocycles. The third-order valence-corrected chi connectivity index (χ3v) is 4.91. The maximum absolute atomic E-state index is 11.4. The molecule has 0 aliphatic carbocycles. The molecule has 0 saturated heterocycles. The number of aryl methyl sites for hydroxylation is 1. The molecule has 0 bridgehead atoms. The van der Waals surface area contributed by atoms with Crippen LogP contribution in [0.4, 0.5) is 5.69 Å². The number of rotatable bonds is 5. The Kier molecular flexibility index (Phi) is 3.87. The minimum absolute atomic E-state index is 0.214. The zero-order valence-electron chi connectivity index (χ0n) is 15.9. The lowest BCUT2D eigenvalue weighted by atomic mass is 10.1. The van der Waals surface area contributed by atoms with Crippen LogP contribution in [-0.2, 0) is 13.6 Å². The van der Waals surface area contributed by atoms with E-state index in [-0.39, 0.29) is 5.69 Å². The smallest absolute Gasteiger partial charge is 0.323 e. The van der Waals surface area contributed by atoms with Crippen LogP contribution in [0.5, 0.6) is 5.75 Å². The molecule has 0 spiro atoms. The summed E-state index contributed by atoms with van der Waals surface area (Å²) in [6, 6.07) is 7.69. The summed E-state index contributed by atoms with van der Waals surface area (Å²) in [7, 11) is 3.54. The third kappa shape index (κ3) is 3.02. The number of fused-ring (bicyclic) bond motifs is 2. The van der Waals surface area contributed by atoms with Crippen LogP contribution in [0.15, 0.2) is 53.8 Å². The number of benzene rings is 1. The molecule has 0 amide bonds. The molecule has 0 radical (unpaired) electrons. The molecule has 9 nitrogen and oxygen atoms in total. The first-order chi connectivity index (χ1) is 14.1. The van der Waals surface area contributed by atoms with Crippen molar-refractivity contribution < 1.29 is 4.74 Å². The molecule has 3 N–H and O–H groups in total. The fourth-order valence-corrected chi connectivity index (χ4v) is 3.50. The number of hydrogen-bond donors (Lipinski definition) is 3. The first-order valence-corrected chi connectivity index (χ1v) is 9.10. The molecule has 146 valence electrons. The Morgan fingerprint density at radius 2 is 1.93 bits per heavy atom. The second-order valence-corrected chi connectivity index (χ2v) is 6.86. The highest BCUT2D eigenvalue weighted by atomic mass is 16.5. The van der Waals surface area contributed by atoms with Gasteiger partial charge in [0.15, 0.2) is 0 Å². The van der Waals surface area contributed by atoms with Crippen molar-refractivity contribution in [3.8, 4) is 16.9 Å². The number of aromatic amines is 2. The summed E-state index contributed by atoms with van der Waals surface area (Å²) < 4.78 is 9.24. The van der Waals surface area contributed by atoms with Gasteiger partial charge in [0.25, 0.3) is 0 Å². The van der Waals surface area contributed by atoms with E-state index in [9.17, 15) is 4.79 Å². The first-order valence-electron chi connectivity index (χ1n) is 9.10. The van der Waals surface area contributed by atoms with Crippen molar-refractivity contribution in [2.45, 2.75) is 6.54 Å². The summed E-state index contributed by atoms with van der Waals surface area (Å²) in [6.45, 7) is 0.562. The summed E-state index contributed by atoms with van der Waals surface area (Å²) in [5.41, 5.74) is 6.11. The molecule has 5 rings (SSSR count). The number of imidazole rings is 1. The summed E-state index contributed by atoms with van der Waals surface area (Å²) in [4.78, 5) is 16.9. The molecular formula is C20H19N7O2. The van der Waals surface area contributed by atoms with Gasteiger partial charge in [-0.2, -0.15) is 10.2 Å². The maximum atomic E-state index is 11.4. The lowest BCUT2D eigenvalue weighted by molar-refractivity contribution is 0.417. The molecule has 29 heavy (non-hydrogen) atoms. The summed E-state index contributed by atoms with van der Waals surface area (Å²) >= 11 is 0. The van der Waals surface area contributed by atoms with Crippen molar-refractivity contribution >= 4 is 22.2 Å². The number of nitrogens with zero attached hydrogens (tertiary/aromatic N) is 4. The van der Waals surface area contributed by atoms with Crippen LogP contribution < -0.4 is 15.7 Å². The normalized spacial score (nSPS) is 11.4. The van der Waals surface area contributed by atoms with E-state index in [1.165, 1.54) is 0 Å². The zero-order valence-corrected chi connectivity index (χ0v) is 15.9. The van der Waals surface area contributed by atoms with Gasteiger partial charge in [-0.15, -0.1) is 0 Å². The lowest BCUT2D eigenvalue weighted by Crippen LogP contribution is -2.00. The van der Waals surface area contributed by atoms with Crippen LogP contribution in [0.25, 0.3) is 27.7 Å². The Bertz CT molecular complexity index is 1390. The Hall–Kier alpha value is -4.01. The van der Waals surface area contributed by atoms with E-state index >= 15 is 0 Å². The van der Waals surface area contributed by atoms with Gasteiger partial charge in [0.2, 0.25) is 0 Å². The fourth-order valence-electron chi connectivity index (χ4n) is 3.50. The Labute approximate surface area is 164 Å². The van der Waals surface area contributed by atoms with E-state index in [4.69, 9.17) is 4.74 Å². The fraction of sp³-hybridized carbons (Fsp3) is 0.150. The zero-order chi connectivity index (χ0) is 20.0. The van der Waals surface area contributed by atoms with Gasteiger partial charge in [0.1, 0.15) is 11.3 Å². The molecule has 0 fully saturated rings. The van der Waals surface area contributed by atoms with E-state index in [1.54, 1.807) is 11.8 Å². The molecule has 9 heteroatoms. The van der Waals surface area contributed by atoms with Crippen LogP contribution in [-0.4, -0.2) is 36.5 Å². The largest absolute Gasteiger partial charge is 0.494 e. The average Bonchev–Trinajstić information content (AvgIpc) is 3.42. The third-order valence-electron chi connectivity index (χ3n) is 4.91. The highest BCUT2D eigenvalue weighted by Gasteiger charge is 2.13. The van der Waals surface area contributed by atoms with Crippen LogP contribution in [0, 0.1) is 0 Å². The van der Waals surface area contributed by atoms with Crippen molar-refractivity contribution in [1.82, 2.24) is 29.4 Å². The molecule has 4 aromatic heterocycles. The van der Waals surface area contributed by atoms with E-state index in [1.807, 2.05) is 60.6 Å². The number of H-pyrrole nitrogens is 2. The second kappa shape index (κ2) is 6.55. The van der Waals surface area contributed by atoms with E-state index in [0.29, 0.717) is 6.54 Å². The number of ether oxygens (including phenoxy) is 1. The van der Waals surface area contributed by atoms with Gasteiger partial charge in [0.05, 0.1) is 30.5 Å². The van der Waals surface area contributed by atoms with E-state index < -0.39 is 0 Å². The Balaban J connectivity index is 1.47. The maximum Gasteiger partial charge on any atom is 0.323 e. The van der Waals surface area contributed by atoms with Crippen molar-refractivity contribution in [2.75, 3.05) is 12.4 Å². The van der Waals surface area contributed by atoms with Crippen LogP contribution in [0.3, 0.4) is 0 Å². The number of aromatic nitrogens is 6. The van der Waals surface area contributed by atoms with Gasteiger partial charge in [-0.25, -0.2) is 9.31 Å². The van der Waals surface area contributed by atoms with Crippen molar-refractivity contribution in [3.63, 3.8) is 0 Å². The minimum Gasteiger partial charge on any atom is -0.494 e. The van der Waals surface area contributed by atoms with Gasteiger partial charge in [-0.1, -0.05) is 0 Å². The summed E-state index contributed by atoms with van der Waals surface area (Å²) in [5, 5.41) is 12.1. The molecule has 4 heterocycles. The molecular weight excluding hydrogens is 370 g/mol. The molecule has 5 aromatic rings. The van der Waals surface area contributed by atoms with Crippen molar-refractivity contribution in [3.05, 3.63) is 65.1 Å². The molecule has 0 aliphatic heterocycles. The molecule has 0 saturated carbocycles. The van der Waals surface area contributed by atoms with Gasteiger partial charge >= 0.3 is 5.69 Å². The van der Waals surface area contributed by atoms with Crippen LogP contribution in [0.2, 0.25) is 0 Å². The SMILES string of the molecule is COc1cc(-c2cnn(C)c2)cn2ncc(CNc3ccc4[nH]c(=O)[nH]c4c3)c12. The van der Waals surface area contributed by atoms with Crippen molar-refractivity contribution in [1.29, 1.82) is 0 Å². The summed E-state index contributed by atoms with van der Waals surface area (Å²) in [6.07, 6.45) is 7.56. The molecule has 0 atom stereocenters. The predicted octanol–water partition coefficient (Wildman–Crippen LogP) is 2.53. The van der Waals surface area contributed by atoms with Gasteiger partial charge in [-0.05, 0) is 24.3 Å². The van der Waals surface area contributed by atoms with Crippen LogP contribution >= 0.6 is 0 Å². The highest BCUT2D eigenvalue weighted by molar-refractivity contribution is 5.79. The standard InChI is InChI=1S/C20H19N7O2/c1-26-10-14(9-22-26)12-5-18(29-2)19-13(8-23-27(19)11-12)7-21-15-3-4-16-17(6-15)25-20(28)24-16/h3-6,8-11,21H,7H2,1-2H3,(H2,24,25,28). The molecule has 0 aliphatic rings. The minimum atomic E-state index is -0.214. The quantitative estimate of drug-likeness (QED) is 0.428. The topological polar surface area (TPSA) is 105 Å². The highest BCUT2D eigenvalue weighted by Crippen LogP contribution is 2.30. The predicted molar refractivity (Wildman–Crippen MR) is 110 cm³/mol. The van der Waals surface area contributed by atoms with Gasteiger partial charge < -0.3 is 20.0 Å². The number of hydrogen-bond acceptors (Lipinski definition) is 5. The number of methoxy groups -OCH3 is 1. The first kappa shape index (κ1) is 17.1. The van der Waals surface area contributed by atoms with Gasteiger partial charge in [0, 0.05) is 48.4 Å². The number of anilines is 1. The monoisotopic (exact) mass is 389 g/mol. The lowest BCUT2D eigenvalue weighted by Gasteiger charge is -2.09. The number of nitrogens with one attached hydrogen (secondary N) is 3. The second-order valence-electron chi connectivity index (χ2n) is 6.86. The number of pyridine rings is 1. The Morgan fingerprint density at radius 1 is 1.07 bits per heavy atom. The molecule has 0 unspecified atom stereocenters.